The highest BCUT2D eigenvalue weighted by Crippen LogP contribution is 2.22. The fourth-order valence-electron chi connectivity index (χ4n) is 2.99. The van der Waals surface area contributed by atoms with Gasteiger partial charge in [0.25, 0.3) is 21.8 Å². The molecule has 0 aliphatic heterocycles. The van der Waals surface area contributed by atoms with Crippen molar-refractivity contribution < 1.29 is 22.4 Å². The lowest BCUT2D eigenvalue weighted by Crippen LogP contribution is -2.25. The molecule has 3 N–H and O–H groups in total. The summed E-state index contributed by atoms with van der Waals surface area (Å²) in [6.45, 7) is 0. The number of carbonyl (C=O) groups is 2. The predicted octanol–water partition coefficient (Wildman–Crippen LogP) is 3.77. The van der Waals surface area contributed by atoms with Gasteiger partial charge in [-0.05, 0) is 61.4 Å². The third-order valence-electron chi connectivity index (χ3n) is 4.82. The topological polar surface area (TPSA) is 104 Å². The smallest absolute Gasteiger partial charge is 0.262 e. The van der Waals surface area contributed by atoms with Gasteiger partial charge in [-0.3, -0.25) is 14.3 Å². The molecule has 3 aromatic rings. The van der Waals surface area contributed by atoms with Crippen LogP contribution in [0.2, 0.25) is 0 Å². The molecule has 7 nitrogen and oxygen atoms in total. The molecule has 0 atom stereocenters. The number of para-hydroxylation sites is 1. The van der Waals surface area contributed by atoms with Crippen molar-refractivity contribution in [3.63, 3.8) is 0 Å². The lowest BCUT2D eigenvalue weighted by Gasteiger charge is -2.11. The van der Waals surface area contributed by atoms with Gasteiger partial charge < -0.3 is 10.6 Å². The van der Waals surface area contributed by atoms with Gasteiger partial charge in [0.15, 0.2) is 0 Å². The molecular formula is C23H20FN3O4S. The van der Waals surface area contributed by atoms with E-state index in [0.29, 0.717) is 11.3 Å². The van der Waals surface area contributed by atoms with Crippen LogP contribution in [0.4, 0.5) is 15.8 Å². The maximum absolute atomic E-state index is 13.8. The van der Waals surface area contributed by atoms with Gasteiger partial charge in [0.2, 0.25) is 0 Å². The van der Waals surface area contributed by atoms with Gasteiger partial charge in [-0.15, -0.1) is 0 Å². The normalized spacial score (nSPS) is 13.3. The molecule has 1 saturated carbocycles. The van der Waals surface area contributed by atoms with E-state index in [1.54, 1.807) is 24.3 Å². The molecule has 0 bridgehead atoms. The Kier molecular flexibility index (Phi) is 5.91. The maximum Gasteiger partial charge on any atom is 0.262 e. The van der Waals surface area contributed by atoms with Gasteiger partial charge in [0.1, 0.15) is 5.82 Å². The first-order valence-corrected chi connectivity index (χ1v) is 11.4. The number of nitrogens with one attached hydrogen (secondary N) is 3. The van der Waals surface area contributed by atoms with Crippen molar-refractivity contribution in [1.29, 1.82) is 0 Å². The SMILES string of the molecule is O=C(Nc1cccc(C(=O)NC2CC2)c1)c1cccc(S(=O)(=O)Nc2ccccc2F)c1. The van der Waals surface area contributed by atoms with Crippen molar-refractivity contribution in [2.45, 2.75) is 23.8 Å². The van der Waals surface area contributed by atoms with E-state index in [2.05, 4.69) is 15.4 Å². The van der Waals surface area contributed by atoms with Gasteiger partial charge in [-0.2, -0.15) is 0 Å². The van der Waals surface area contributed by atoms with Crippen LogP contribution in [0, 0.1) is 5.82 Å². The molecule has 1 fully saturated rings. The summed E-state index contributed by atoms with van der Waals surface area (Å²) in [6, 6.07) is 17.5. The van der Waals surface area contributed by atoms with Crippen LogP contribution in [0.25, 0.3) is 0 Å². The average molecular weight is 453 g/mol. The minimum atomic E-state index is -4.11. The summed E-state index contributed by atoms with van der Waals surface area (Å²) < 4.78 is 41.3. The Balaban J connectivity index is 1.50. The molecule has 0 saturated heterocycles. The third kappa shape index (κ3) is 5.12. The Morgan fingerprint density at radius 2 is 1.53 bits per heavy atom. The van der Waals surface area contributed by atoms with Gasteiger partial charge in [0, 0.05) is 22.9 Å². The average Bonchev–Trinajstić information content (AvgIpc) is 3.59. The Hall–Kier alpha value is -3.72. The van der Waals surface area contributed by atoms with Crippen molar-refractivity contribution in [2.75, 3.05) is 10.0 Å². The summed E-state index contributed by atoms with van der Waals surface area (Å²) in [5.41, 5.74) is 0.717. The first-order valence-electron chi connectivity index (χ1n) is 9.91. The van der Waals surface area contributed by atoms with Crippen LogP contribution in [0.1, 0.15) is 33.6 Å². The quantitative estimate of drug-likeness (QED) is 0.507. The second-order valence-corrected chi connectivity index (χ2v) is 9.08. The minimum absolute atomic E-state index is 0.0919. The Bertz CT molecular complexity index is 1290. The highest BCUT2D eigenvalue weighted by atomic mass is 32.2. The van der Waals surface area contributed by atoms with E-state index in [1.165, 1.54) is 42.5 Å². The summed E-state index contributed by atoms with van der Waals surface area (Å²) in [6.07, 6.45) is 1.93. The Morgan fingerprint density at radius 3 is 2.25 bits per heavy atom. The number of benzene rings is 3. The maximum atomic E-state index is 13.8. The molecule has 2 amide bonds. The van der Waals surface area contributed by atoms with Crippen LogP contribution in [-0.2, 0) is 10.0 Å². The summed E-state index contributed by atoms with van der Waals surface area (Å²) >= 11 is 0. The summed E-state index contributed by atoms with van der Waals surface area (Å²) in [4.78, 5) is 24.7. The fraction of sp³-hybridized carbons (Fsp3) is 0.130. The Labute approximate surface area is 184 Å². The summed E-state index contributed by atoms with van der Waals surface area (Å²) in [5.74, 6) is -1.47. The van der Waals surface area contributed by atoms with Crippen molar-refractivity contribution in [2.24, 2.45) is 0 Å². The van der Waals surface area contributed by atoms with Crippen molar-refractivity contribution >= 4 is 33.2 Å². The van der Waals surface area contributed by atoms with Crippen molar-refractivity contribution in [3.8, 4) is 0 Å². The summed E-state index contributed by atoms with van der Waals surface area (Å²) in [7, 11) is -4.11. The van der Waals surface area contributed by atoms with Crippen LogP contribution >= 0.6 is 0 Å². The molecule has 0 heterocycles. The molecule has 32 heavy (non-hydrogen) atoms. The van der Waals surface area contributed by atoms with Crippen LogP contribution < -0.4 is 15.4 Å². The second kappa shape index (κ2) is 8.80. The van der Waals surface area contributed by atoms with Gasteiger partial charge in [-0.1, -0.05) is 24.3 Å². The Morgan fingerprint density at radius 1 is 0.844 bits per heavy atom. The number of halogens is 1. The molecule has 9 heteroatoms. The zero-order chi connectivity index (χ0) is 22.7. The number of amides is 2. The van der Waals surface area contributed by atoms with Gasteiger partial charge in [-0.25, -0.2) is 12.8 Å². The van der Waals surface area contributed by atoms with E-state index in [0.717, 1.165) is 18.9 Å². The molecular weight excluding hydrogens is 433 g/mol. The first kappa shape index (κ1) is 21.5. The third-order valence-corrected chi connectivity index (χ3v) is 6.18. The first-order chi connectivity index (χ1) is 15.3. The molecule has 1 aliphatic carbocycles. The number of rotatable bonds is 7. The number of carbonyl (C=O) groups excluding carboxylic acids is 2. The molecule has 0 unspecified atom stereocenters. The monoisotopic (exact) mass is 453 g/mol. The second-order valence-electron chi connectivity index (χ2n) is 7.40. The molecule has 0 radical (unpaired) electrons. The number of anilines is 2. The molecule has 0 spiro atoms. The largest absolute Gasteiger partial charge is 0.349 e. The van der Waals surface area contributed by atoms with Gasteiger partial charge >= 0.3 is 0 Å². The highest BCUT2D eigenvalue weighted by Gasteiger charge is 2.24. The standard InChI is InChI=1S/C23H20FN3O4S/c24-20-9-1-2-10-21(20)27-32(30,31)19-8-4-6-16(14-19)23(29)26-18-7-3-5-15(13-18)22(28)25-17-11-12-17/h1-10,13-14,17,27H,11-12H2,(H,25,28)(H,26,29). The number of sulfonamides is 1. The zero-order valence-corrected chi connectivity index (χ0v) is 17.7. The highest BCUT2D eigenvalue weighted by molar-refractivity contribution is 7.92. The molecule has 3 aromatic carbocycles. The lowest BCUT2D eigenvalue weighted by molar-refractivity contribution is 0.0949. The van der Waals surface area contributed by atoms with Crippen molar-refractivity contribution in [1.82, 2.24) is 5.32 Å². The van der Waals surface area contributed by atoms with E-state index in [1.807, 2.05) is 0 Å². The molecule has 1 aliphatic rings. The molecule has 4 rings (SSSR count). The van der Waals surface area contributed by atoms with E-state index in [-0.39, 0.29) is 28.1 Å². The van der Waals surface area contributed by atoms with E-state index >= 15 is 0 Å². The van der Waals surface area contributed by atoms with Crippen LogP contribution in [0.15, 0.2) is 77.7 Å². The van der Waals surface area contributed by atoms with Crippen molar-refractivity contribution in [3.05, 3.63) is 89.7 Å². The number of hydrogen-bond donors (Lipinski definition) is 3. The molecule has 164 valence electrons. The van der Waals surface area contributed by atoms with E-state index in [9.17, 15) is 22.4 Å². The molecule has 0 aromatic heterocycles. The van der Waals surface area contributed by atoms with Crippen LogP contribution in [0.3, 0.4) is 0 Å². The van der Waals surface area contributed by atoms with Gasteiger partial charge in [0.05, 0.1) is 10.6 Å². The zero-order valence-electron chi connectivity index (χ0n) is 16.8. The fourth-order valence-corrected chi connectivity index (χ4v) is 4.10. The van der Waals surface area contributed by atoms with Crippen LogP contribution in [0.5, 0.6) is 0 Å². The number of hydrogen-bond acceptors (Lipinski definition) is 4. The van der Waals surface area contributed by atoms with E-state index < -0.39 is 21.7 Å². The minimum Gasteiger partial charge on any atom is -0.349 e. The predicted molar refractivity (Wildman–Crippen MR) is 119 cm³/mol. The summed E-state index contributed by atoms with van der Waals surface area (Å²) in [5, 5.41) is 5.54. The van der Waals surface area contributed by atoms with Crippen LogP contribution in [-0.4, -0.2) is 26.3 Å². The van der Waals surface area contributed by atoms with E-state index in [4.69, 9.17) is 0 Å². The lowest BCUT2D eigenvalue weighted by atomic mass is 10.1.